The van der Waals surface area contributed by atoms with Gasteiger partial charge in [0.05, 0.1) is 23.8 Å². The van der Waals surface area contributed by atoms with Gasteiger partial charge in [0.1, 0.15) is 0 Å². The Bertz CT molecular complexity index is 905. The van der Waals surface area contributed by atoms with E-state index in [-0.39, 0.29) is 36.1 Å². The number of carbonyl (C=O) groups excluding carboxylic acids is 2. The van der Waals surface area contributed by atoms with Gasteiger partial charge in [-0.15, -0.1) is 0 Å². The van der Waals surface area contributed by atoms with Crippen molar-refractivity contribution in [3.63, 3.8) is 0 Å². The fourth-order valence-corrected chi connectivity index (χ4v) is 4.67. The molecule has 1 aliphatic heterocycles. The maximum atomic E-state index is 13.6. The molecule has 30 heavy (non-hydrogen) atoms. The van der Waals surface area contributed by atoms with Crippen molar-refractivity contribution >= 4 is 29.2 Å². The lowest BCUT2D eigenvalue weighted by Crippen LogP contribution is -2.65. The van der Waals surface area contributed by atoms with Gasteiger partial charge in [0, 0.05) is 31.8 Å². The Kier molecular flexibility index (Phi) is 6.09. The zero-order chi connectivity index (χ0) is 21.3. The van der Waals surface area contributed by atoms with E-state index < -0.39 is 0 Å². The van der Waals surface area contributed by atoms with E-state index in [0.29, 0.717) is 30.1 Å². The van der Waals surface area contributed by atoms with Gasteiger partial charge in [-0.05, 0) is 42.7 Å². The number of hydrogen-bond donors (Lipinski definition) is 0. The third kappa shape index (κ3) is 3.83. The molecule has 1 aliphatic carbocycles. The van der Waals surface area contributed by atoms with E-state index in [2.05, 4.69) is 0 Å². The average molecular weight is 429 g/mol. The molecule has 1 heterocycles. The van der Waals surface area contributed by atoms with Crippen molar-refractivity contribution in [2.45, 2.75) is 37.6 Å². The van der Waals surface area contributed by atoms with Crippen molar-refractivity contribution in [2.75, 3.05) is 19.1 Å². The molecule has 4 atom stereocenters. The number of urea groups is 1. The highest BCUT2D eigenvalue weighted by atomic mass is 35.5. The van der Waals surface area contributed by atoms with Gasteiger partial charge in [-0.2, -0.15) is 0 Å². The summed E-state index contributed by atoms with van der Waals surface area (Å²) in [5, 5.41) is 0.551. The van der Waals surface area contributed by atoms with E-state index in [1.165, 1.54) is 4.90 Å². The molecule has 0 spiro atoms. The van der Waals surface area contributed by atoms with E-state index in [0.717, 1.165) is 5.56 Å². The average Bonchev–Trinajstić information content (AvgIpc) is 2.77. The van der Waals surface area contributed by atoms with Crippen LogP contribution in [-0.4, -0.2) is 49.3 Å². The second kappa shape index (κ2) is 8.76. The van der Waals surface area contributed by atoms with Gasteiger partial charge in [-0.1, -0.05) is 41.9 Å². The molecule has 2 aromatic carbocycles. The number of fused-ring (bicyclic) bond motifs is 1. The van der Waals surface area contributed by atoms with Gasteiger partial charge >= 0.3 is 6.03 Å². The van der Waals surface area contributed by atoms with Crippen molar-refractivity contribution in [3.05, 3.63) is 65.2 Å². The summed E-state index contributed by atoms with van der Waals surface area (Å²) in [7, 11) is 3.28. The predicted octanol–water partition coefficient (Wildman–Crippen LogP) is 4.12. The SMILES string of the molecule is COC1CC2C(=O)N(c3ccc(Cl)cc3)C(=O)N(Cc3ccccc3)C2CC1OC. The number of hydrogen-bond acceptors (Lipinski definition) is 4. The predicted molar refractivity (Wildman–Crippen MR) is 114 cm³/mol. The molecule has 1 saturated heterocycles. The first-order valence-electron chi connectivity index (χ1n) is 10.0. The van der Waals surface area contributed by atoms with E-state index in [1.807, 2.05) is 30.3 Å². The molecule has 2 aromatic rings. The van der Waals surface area contributed by atoms with Crippen molar-refractivity contribution in [1.82, 2.24) is 4.90 Å². The summed E-state index contributed by atoms with van der Waals surface area (Å²) in [4.78, 5) is 30.1. The number of halogens is 1. The Labute approximate surface area is 181 Å². The molecule has 1 saturated carbocycles. The molecule has 6 nitrogen and oxygen atoms in total. The molecule has 4 rings (SSSR count). The standard InChI is InChI=1S/C23H25ClN2O4/c1-29-20-12-18-19(13-21(20)30-2)25(14-15-6-4-3-5-7-15)23(28)26(22(18)27)17-10-8-16(24)9-11-17/h3-11,18-21H,12-14H2,1-2H3. The highest BCUT2D eigenvalue weighted by Gasteiger charge is 2.52. The maximum absolute atomic E-state index is 13.6. The number of rotatable bonds is 5. The molecule has 4 unspecified atom stereocenters. The molecule has 0 bridgehead atoms. The van der Waals surface area contributed by atoms with E-state index in [4.69, 9.17) is 21.1 Å². The Balaban J connectivity index is 1.72. The van der Waals surface area contributed by atoms with Crippen molar-refractivity contribution in [3.8, 4) is 0 Å². The molecule has 158 valence electrons. The Hall–Kier alpha value is -2.41. The second-order valence-electron chi connectivity index (χ2n) is 7.74. The maximum Gasteiger partial charge on any atom is 0.331 e. The number of methoxy groups -OCH3 is 2. The fraction of sp³-hybridized carbons (Fsp3) is 0.391. The lowest BCUT2D eigenvalue weighted by atomic mass is 9.77. The first-order valence-corrected chi connectivity index (χ1v) is 10.4. The quantitative estimate of drug-likeness (QED) is 0.718. The summed E-state index contributed by atoms with van der Waals surface area (Å²) in [6.45, 7) is 0.423. The van der Waals surface area contributed by atoms with Gasteiger partial charge in [0.25, 0.3) is 0 Å². The van der Waals surface area contributed by atoms with Gasteiger partial charge in [-0.25, -0.2) is 9.69 Å². The van der Waals surface area contributed by atoms with Gasteiger partial charge in [-0.3, -0.25) is 4.79 Å². The van der Waals surface area contributed by atoms with Crippen molar-refractivity contribution in [1.29, 1.82) is 0 Å². The molecule has 2 aliphatic rings. The van der Waals surface area contributed by atoms with Crippen LogP contribution in [0.1, 0.15) is 18.4 Å². The van der Waals surface area contributed by atoms with Crippen LogP contribution in [0, 0.1) is 5.92 Å². The van der Waals surface area contributed by atoms with Gasteiger partial charge in [0.2, 0.25) is 5.91 Å². The lowest BCUT2D eigenvalue weighted by Gasteiger charge is -2.49. The fourth-order valence-electron chi connectivity index (χ4n) is 4.54. The molecular formula is C23H25ClN2O4. The lowest BCUT2D eigenvalue weighted by molar-refractivity contribution is -0.137. The zero-order valence-electron chi connectivity index (χ0n) is 17.0. The smallest absolute Gasteiger partial charge is 0.331 e. The molecule has 0 radical (unpaired) electrons. The molecule has 0 N–H and O–H groups in total. The zero-order valence-corrected chi connectivity index (χ0v) is 17.8. The summed E-state index contributed by atoms with van der Waals surface area (Å²) in [6.07, 6.45) is 0.691. The first-order chi connectivity index (χ1) is 14.5. The molecular weight excluding hydrogens is 404 g/mol. The summed E-state index contributed by atoms with van der Waals surface area (Å²) in [6, 6.07) is 16.0. The van der Waals surface area contributed by atoms with E-state index in [1.54, 1.807) is 43.4 Å². The van der Waals surface area contributed by atoms with Crippen LogP contribution >= 0.6 is 11.6 Å². The van der Waals surface area contributed by atoms with Crippen molar-refractivity contribution < 1.29 is 19.1 Å². The minimum atomic E-state index is -0.363. The van der Waals surface area contributed by atoms with Crippen LogP contribution in [0.15, 0.2) is 54.6 Å². The summed E-state index contributed by atoms with van der Waals surface area (Å²) in [5.74, 6) is -0.563. The molecule has 7 heteroatoms. The van der Waals surface area contributed by atoms with Crippen LogP contribution in [0.25, 0.3) is 0 Å². The van der Waals surface area contributed by atoms with Gasteiger partial charge in [0.15, 0.2) is 0 Å². The molecule has 0 aromatic heterocycles. The van der Waals surface area contributed by atoms with Crippen LogP contribution < -0.4 is 4.90 Å². The van der Waals surface area contributed by atoms with Crippen LogP contribution in [0.4, 0.5) is 10.5 Å². The van der Waals surface area contributed by atoms with Crippen LogP contribution in [0.5, 0.6) is 0 Å². The number of ether oxygens (including phenoxy) is 2. The van der Waals surface area contributed by atoms with E-state index in [9.17, 15) is 9.59 Å². The number of nitrogens with zero attached hydrogens (tertiary/aromatic N) is 2. The number of benzene rings is 2. The highest BCUT2D eigenvalue weighted by molar-refractivity contribution is 6.30. The van der Waals surface area contributed by atoms with Crippen LogP contribution in [0.2, 0.25) is 5.02 Å². The number of amides is 3. The topological polar surface area (TPSA) is 59.1 Å². The Morgan fingerprint density at radius 3 is 2.20 bits per heavy atom. The Morgan fingerprint density at radius 2 is 1.57 bits per heavy atom. The number of carbonyl (C=O) groups is 2. The third-order valence-corrected chi connectivity index (χ3v) is 6.35. The Morgan fingerprint density at radius 1 is 0.933 bits per heavy atom. The largest absolute Gasteiger partial charge is 0.379 e. The van der Waals surface area contributed by atoms with Gasteiger partial charge < -0.3 is 14.4 Å². The molecule has 2 fully saturated rings. The van der Waals surface area contributed by atoms with Crippen LogP contribution in [0.3, 0.4) is 0 Å². The monoisotopic (exact) mass is 428 g/mol. The number of imide groups is 1. The second-order valence-corrected chi connectivity index (χ2v) is 8.18. The normalized spacial score (nSPS) is 26.6. The summed E-state index contributed by atoms with van der Waals surface area (Å²) >= 11 is 6.01. The first kappa shape index (κ1) is 20.8. The number of anilines is 1. The summed E-state index contributed by atoms with van der Waals surface area (Å²) < 4.78 is 11.2. The minimum Gasteiger partial charge on any atom is -0.379 e. The minimum absolute atomic E-state index is 0.169. The van der Waals surface area contributed by atoms with E-state index >= 15 is 0 Å². The highest BCUT2D eigenvalue weighted by Crippen LogP contribution is 2.39. The van der Waals surface area contributed by atoms with Crippen LogP contribution in [-0.2, 0) is 20.8 Å². The molecule has 3 amide bonds. The van der Waals surface area contributed by atoms with Crippen molar-refractivity contribution in [2.24, 2.45) is 5.92 Å². The third-order valence-electron chi connectivity index (χ3n) is 6.10. The summed E-state index contributed by atoms with van der Waals surface area (Å²) in [5.41, 5.74) is 1.53.